The Morgan fingerprint density at radius 3 is 2.52 bits per heavy atom. The minimum absolute atomic E-state index is 0. The molecule has 27 heavy (non-hydrogen) atoms. The topological polar surface area (TPSA) is 53.7 Å². The lowest BCUT2D eigenvalue weighted by molar-refractivity contribution is 0.550. The summed E-state index contributed by atoms with van der Waals surface area (Å²) in [6.45, 7) is 7.12. The van der Waals surface area contributed by atoms with Gasteiger partial charge in [0.15, 0.2) is 5.96 Å². The fourth-order valence-electron chi connectivity index (χ4n) is 3.04. The molecule has 0 spiro atoms. The number of nitrogens with zero attached hydrogens (tertiary/aromatic N) is 3. The number of benzene rings is 1. The molecule has 2 aromatic heterocycles. The number of guanidine groups is 1. The molecule has 144 valence electrons. The predicted molar refractivity (Wildman–Crippen MR) is 123 cm³/mol. The number of hydrogen-bond acceptors (Lipinski definition) is 2. The summed E-state index contributed by atoms with van der Waals surface area (Å²) in [5.74, 6) is 1.17. The van der Waals surface area contributed by atoms with Crippen molar-refractivity contribution in [3.05, 3.63) is 71.7 Å². The Labute approximate surface area is 178 Å². The highest BCUT2D eigenvalue weighted by Gasteiger charge is 2.15. The molecule has 0 aliphatic heterocycles. The molecule has 1 aromatic carbocycles. The number of fused-ring (bicyclic) bond motifs is 1. The third-order valence-electron chi connectivity index (χ3n) is 4.85. The maximum absolute atomic E-state index is 4.66. The number of imidazole rings is 1. The van der Waals surface area contributed by atoms with Gasteiger partial charge in [-0.2, -0.15) is 0 Å². The minimum atomic E-state index is 0. The van der Waals surface area contributed by atoms with Crippen LogP contribution in [-0.2, 0) is 6.54 Å². The molecule has 2 N–H and O–H groups in total. The van der Waals surface area contributed by atoms with E-state index in [9.17, 15) is 0 Å². The van der Waals surface area contributed by atoms with Crippen LogP contribution >= 0.6 is 24.0 Å². The molecule has 0 aliphatic carbocycles. The fraction of sp³-hybridized carbons (Fsp3) is 0.333. The molecule has 3 aromatic rings. The van der Waals surface area contributed by atoms with Crippen molar-refractivity contribution in [1.29, 1.82) is 0 Å². The monoisotopic (exact) mass is 477 g/mol. The normalized spacial score (nSPS) is 13.7. The van der Waals surface area contributed by atoms with Crippen LogP contribution in [0.2, 0.25) is 0 Å². The second-order valence-corrected chi connectivity index (χ2v) is 6.69. The summed E-state index contributed by atoms with van der Waals surface area (Å²) in [4.78, 5) is 9.01. The van der Waals surface area contributed by atoms with Gasteiger partial charge in [-0.1, -0.05) is 43.3 Å². The summed E-state index contributed by atoms with van der Waals surface area (Å²) >= 11 is 0. The summed E-state index contributed by atoms with van der Waals surface area (Å²) < 4.78 is 2.10. The Morgan fingerprint density at radius 2 is 1.85 bits per heavy atom. The third kappa shape index (κ3) is 5.22. The number of hydrogen-bond donors (Lipinski definition) is 2. The van der Waals surface area contributed by atoms with Gasteiger partial charge in [-0.3, -0.25) is 4.99 Å². The van der Waals surface area contributed by atoms with Crippen LogP contribution in [0, 0.1) is 6.92 Å². The molecule has 6 heteroatoms. The zero-order chi connectivity index (χ0) is 18.5. The van der Waals surface area contributed by atoms with Crippen molar-refractivity contribution in [3.63, 3.8) is 0 Å². The lowest BCUT2D eigenvalue weighted by Crippen LogP contribution is -2.43. The van der Waals surface area contributed by atoms with Crippen LogP contribution < -0.4 is 10.6 Å². The number of aromatic nitrogens is 2. The summed E-state index contributed by atoms with van der Waals surface area (Å²) in [7, 11) is 1.79. The molecule has 0 amide bonds. The van der Waals surface area contributed by atoms with E-state index in [0.29, 0.717) is 12.5 Å². The number of halogens is 1. The van der Waals surface area contributed by atoms with E-state index >= 15 is 0 Å². The van der Waals surface area contributed by atoms with Crippen LogP contribution in [0.5, 0.6) is 0 Å². The predicted octanol–water partition coefficient (Wildman–Crippen LogP) is 4.12. The minimum Gasteiger partial charge on any atom is -0.353 e. The second-order valence-electron chi connectivity index (χ2n) is 6.69. The smallest absolute Gasteiger partial charge is 0.191 e. The van der Waals surface area contributed by atoms with Crippen molar-refractivity contribution in [2.24, 2.45) is 4.99 Å². The SMILES string of the molecule is CN=C(NCc1cn2c(C)cccc2n1)NC(C)C(C)c1ccccc1.I. The zero-order valence-electron chi connectivity index (χ0n) is 16.3. The lowest BCUT2D eigenvalue weighted by Gasteiger charge is -2.23. The highest BCUT2D eigenvalue weighted by molar-refractivity contribution is 14.0. The van der Waals surface area contributed by atoms with Gasteiger partial charge in [-0.15, -0.1) is 24.0 Å². The number of pyridine rings is 1. The number of aliphatic imine (C=N–C) groups is 1. The van der Waals surface area contributed by atoms with E-state index in [2.05, 4.69) is 82.3 Å². The summed E-state index contributed by atoms with van der Waals surface area (Å²) in [5.41, 5.74) is 4.45. The maximum atomic E-state index is 4.66. The molecular formula is C21H28IN5. The average molecular weight is 477 g/mol. The van der Waals surface area contributed by atoms with Crippen molar-refractivity contribution in [3.8, 4) is 0 Å². The van der Waals surface area contributed by atoms with Crippen molar-refractivity contribution in [2.45, 2.75) is 39.3 Å². The summed E-state index contributed by atoms with van der Waals surface area (Å²) in [6, 6.07) is 16.9. The van der Waals surface area contributed by atoms with E-state index in [4.69, 9.17) is 0 Å². The molecule has 0 saturated heterocycles. The number of aryl methyl sites for hydroxylation is 1. The fourth-order valence-corrected chi connectivity index (χ4v) is 3.04. The highest BCUT2D eigenvalue weighted by Crippen LogP contribution is 2.18. The molecule has 2 unspecified atom stereocenters. The Balaban J connectivity index is 0.00000261. The first kappa shape index (κ1) is 21.2. The molecule has 0 saturated carbocycles. The van der Waals surface area contributed by atoms with Crippen molar-refractivity contribution < 1.29 is 0 Å². The molecule has 2 atom stereocenters. The lowest BCUT2D eigenvalue weighted by atomic mass is 9.94. The van der Waals surface area contributed by atoms with E-state index in [0.717, 1.165) is 17.3 Å². The zero-order valence-corrected chi connectivity index (χ0v) is 18.6. The Kier molecular flexibility index (Phi) is 7.65. The molecule has 3 rings (SSSR count). The Morgan fingerprint density at radius 1 is 1.11 bits per heavy atom. The van der Waals surface area contributed by atoms with Gasteiger partial charge in [0.2, 0.25) is 0 Å². The van der Waals surface area contributed by atoms with Gasteiger partial charge in [-0.05, 0) is 31.5 Å². The van der Waals surface area contributed by atoms with Crippen molar-refractivity contribution in [1.82, 2.24) is 20.0 Å². The molecule has 0 fully saturated rings. The van der Waals surface area contributed by atoms with Crippen molar-refractivity contribution in [2.75, 3.05) is 7.05 Å². The number of nitrogens with one attached hydrogen (secondary N) is 2. The van der Waals surface area contributed by atoms with Gasteiger partial charge in [0.05, 0.1) is 12.2 Å². The van der Waals surface area contributed by atoms with Gasteiger partial charge in [0.1, 0.15) is 5.65 Å². The highest BCUT2D eigenvalue weighted by atomic mass is 127. The van der Waals surface area contributed by atoms with Gasteiger partial charge in [0.25, 0.3) is 0 Å². The molecule has 2 heterocycles. The first-order valence-corrected chi connectivity index (χ1v) is 9.04. The van der Waals surface area contributed by atoms with Crippen molar-refractivity contribution >= 4 is 35.6 Å². The average Bonchev–Trinajstić information content (AvgIpc) is 3.09. The van der Waals surface area contributed by atoms with E-state index in [1.165, 1.54) is 11.3 Å². The van der Waals surface area contributed by atoms with Gasteiger partial charge < -0.3 is 15.0 Å². The van der Waals surface area contributed by atoms with E-state index < -0.39 is 0 Å². The molecule has 0 bridgehead atoms. The van der Waals surface area contributed by atoms with Crippen LogP contribution in [-0.4, -0.2) is 28.4 Å². The molecule has 5 nitrogen and oxygen atoms in total. The third-order valence-corrected chi connectivity index (χ3v) is 4.85. The molecule has 0 radical (unpaired) electrons. The summed E-state index contributed by atoms with van der Waals surface area (Å²) in [6.07, 6.45) is 2.07. The first-order chi connectivity index (χ1) is 12.6. The van der Waals surface area contributed by atoms with E-state index in [1.807, 2.05) is 18.2 Å². The van der Waals surface area contributed by atoms with Crippen LogP contribution in [0.15, 0.2) is 59.7 Å². The Hall–Kier alpha value is -2.09. The van der Waals surface area contributed by atoms with Crippen LogP contribution in [0.3, 0.4) is 0 Å². The second kappa shape index (κ2) is 9.73. The van der Waals surface area contributed by atoms with Gasteiger partial charge in [-0.25, -0.2) is 4.98 Å². The quantitative estimate of drug-likeness (QED) is 0.330. The largest absolute Gasteiger partial charge is 0.353 e. The van der Waals surface area contributed by atoms with Gasteiger partial charge in [0, 0.05) is 30.9 Å². The van der Waals surface area contributed by atoms with Crippen LogP contribution in [0.25, 0.3) is 5.65 Å². The van der Waals surface area contributed by atoms with E-state index in [-0.39, 0.29) is 30.0 Å². The van der Waals surface area contributed by atoms with Gasteiger partial charge >= 0.3 is 0 Å². The summed E-state index contributed by atoms with van der Waals surface area (Å²) in [5, 5.41) is 6.85. The molecular weight excluding hydrogens is 449 g/mol. The number of rotatable bonds is 5. The van der Waals surface area contributed by atoms with Crippen LogP contribution in [0.4, 0.5) is 0 Å². The van der Waals surface area contributed by atoms with E-state index in [1.54, 1.807) is 7.05 Å². The Bertz CT molecular complexity index is 888. The molecule has 0 aliphatic rings. The standard InChI is InChI=1S/C21H27N5.HI/c1-15-9-8-12-20-25-19(14-26(15)20)13-23-21(22-4)24-17(3)16(2)18-10-6-5-7-11-18;/h5-12,14,16-17H,13H2,1-4H3,(H2,22,23,24);1H. The van der Waals surface area contributed by atoms with Crippen LogP contribution in [0.1, 0.15) is 36.7 Å². The first-order valence-electron chi connectivity index (χ1n) is 9.04. The maximum Gasteiger partial charge on any atom is 0.191 e.